The van der Waals surface area contributed by atoms with E-state index in [0.717, 1.165) is 42.6 Å². The van der Waals surface area contributed by atoms with Crippen molar-refractivity contribution in [1.82, 2.24) is 0 Å². The maximum atomic E-state index is 14.4. The van der Waals surface area contributed by atoms with Crippen LogP contribution in [0.4, 0.5) is 4.39 Å². The van der Waals surface area contributed by atoms with Gasteiger partial charge in [0.05, 0.1) is 7.11 Å². The standard InChI is InChI=1S/C14H20FNO/c1-9(8-16)12-7-13(17-2)10-5-3-4-6-11(10)14(12)15/h7,9H,3-6,8,16H2,1-2H3. The third kappa shape index (κ3) is 2.16. The molecule has 0 heterocycles. The Kier molecular flexibility index (Phi) is 3.67. The minimum absolute atomic E-state index is 0.0381. The highest BCUT2D eigenvalue weighted by molar-refractivity contribution is 5.47. The zero-order valence-electron chi connectivity index (χ0n) is 10.6. The summed E-state index contributed by atoms with van der Waals surface area (Å²) in [5.74, 6) is 0.811. The van der Waals surface area contributed by atoms with Crippen molar-refractivity contribution in [3.05, 3.63) is 28.6 Å². The number of methoxy groups -OCH3 is 1. The van der Waals surface area contributed by atoms with Gasteiger partial charge >= 0.3 is 0 Å². The summed E-state index contributed by atoms with van der Waals surface area (Å²) in [5, 5.41) is 0. The molecule has 0 amide bonds. The zero-order chi connectivity index (χ0) is 12.4. The van der Waals surface area contributed by atoms with E-state index in [4.69, 9.17) is 10.5 Å². The Hall–Kier alpha value is -1.09. The molecule has 0 aromatic heterocycles. The van der Waals surface area contributed by atoms with E-state index in [9.17, 15) is 4.39 Å². The van der Waals surface area contributed by atoms with Crippen molar-refractivity contribution in [2.75, 3.05) is 13.7 Å². The highest BCUT2D eigenvalue weighted by atomic mass is 19.1. The number of halogens is 1. The number of hydrogen-bond donors (Lipinski definition) is 1. The van der Waals surface area contributed by atoms with Gasteiger partial charge in [-0.25, -0.2) is 4.39 Å². The van der Waals surface area contributed by atoms with Gasteiger partial charge in [-0.1, -0.05) is 6.92 Å². The fourth-order valence-corrected chi connectivity index (χ4v) is 2.55. The second-order valence-electron chi connectivity index (χ2n) is 4.78. The van der Waals surface area contributed by atoms with Gasteiger partial charge in [-0.2, -0.15) is 0 Å². The molecule has 1 atom stereocenters. The minimum atomic E-state index is -0.0570. The normalized spacial score (nSPS) is 16.5. The molecule has 0 saturated carbocycles. The van der Waals surface area contributed by atoms with Gasteiger partial charge in [0.15, 0.2) is 0 Å². The average molecular weight is 237 g/mol. The first-order valence-corrected chi connectivity index (χ1v) is 6.27. The smallest absolute Gasteiger partial charge is 0.130 e. The van der Waals surface area contributed by atoms with Gasteiger partial charge in [-0.05, 0) is 55.3 Å². The second-order valence-corrected chi connectivity index (χ2v) is 4.78. The first kappa shape index (κ1) is 12.4. The molecule has 1 aromatic carbocycles. The molecule has 2 rings (SSSR count). The third-order valence-electron chi connectivity index (χ3n) is 3.67. The molecule has 0 radical (unpaired) electrons. The van der Waals surface area contributed by atoms with Gasteiger partial charge < -0.3 is 10.5 Å². The molecule has 17 heavy (non-hydrogen) atoms. The Morgan fingerprint density at radius 3 is 2.59 bits per heavy atom. The average Bonchev–Trinajstić information content (AvgIpc) is 2.39. The predicted octanol–water partition coefficient (Wildman–Crippen LogP) is 2.78. The van der Waals surface area contributed by atoms with Crippen LogP contribution in [-0.2, 0) is 12.8 Å². The molecule has 0 bridgehead atoms. The highest BCUT2D eigenvalue weighted by Crippen LogP contribution is 2.35. The summed E-state index contributed by atoms with van der Waals surface area (Å²) >= 11 is 0. The lowest BCUT2D eigenvalue weighted by atomic mass is 9.86. The largest absolute Gasteiger partial charge is 0.496 e. The Bertz CT molecular complexity index is 417. The van der Waals surface area contributed by atoms with Crippen molar-refractivity contribution < 1.29 is 9.13 Å². The van der Waals surface area contributed by atoms with E-state index in [1.54, 1.807) is 7.11 Å². The van der Waals surface area contributed by atoms with Gasteiger partial charge in [0.25, 0.3) is 0 Å². The number of benzene rings is 1. The van der Waals surface area contributed by atoms with Crippen LogP contribution in [0.1, 0.15) is 42.4 Å². The van der Waals surface area contributed by atoms with Crippen molar-refractivity contribution in [2.24, 2.45) is 5.73 Å². The van der Waals surface area contributed by atoms with E-state index in [1.165, 1.54) is 0 Å². The quantitative estimate of drug-likeness (QED) is 0.877. The first-order chi connectivity index (χ1) is 8.19. The Morgan fingerprint density at radius 2 is 2.00 bits per heavy atom. The van der Waals surface area contributed by atoms with Gasteiger partial charge in [0, 0.05) is 5.56 Å². The van der Waals surface area contributed by atoms with Crippen molar-refractivity contribution in [2.45, 2.75) is 38.5 Å². The molecular weight excluding hydrogens is 217 g/mol. The van der Waals surface area contributed by atoms with E-state index < -0.39 is 0 Å². The summed E-state index contributed by atoms with van der Waals surface area (Å²) in [5.41, 5.74) is 8.24. The molecule has 1 aromatic rings. The van der Waals surface area contributed by atoms with Crippen molar-refractivity contribution >= 4 is 0 Å². The van der Waals surface area contributed by atoms with Crippen LogP contribution in [0.15, 0.2) is 6.07 Å². The van der Waals surface area contributed by atoms with E-state index in [2.05, 4.69) is 0 Å². The number of ether oxygens (including phenoxy) is 1. The van der Waals surface area contributed by atoms with Crippen LogP contribution in [0.2, 0.25) is 0 Å². The lowest BCUT2D eigenvalue weighted by Crippen LogP contribution is -2.15. The minimum Gasteiger partial charge on any atom is -0.496 e. The molecule has 1 aliphatic carbocycles. The Morgan fingerprint density at radius 1 is 1.35 bits per heavy atom. The molecular formula is C14H20FNO. The highest BCUT2D eigenvalue weighted by Gasteiger charge is 2.23. The number of rotatable bonds is 3. The number of hydrogen-bond acceptors (Lipinski definition) is 2. The van der Waals surface area contributed by atoms with Crippen LogP contribution in [-0.4, -0.2) is 13.7 Å². The van der Waals surface area contributed by atoms with Crippen LogP contribution >= 0.6 is 0 Å². The molecule has 94 valence electrons. The molecule has 0 aliphatic heterocycles. The lowest BCUT2D eigenvalue weighted by Gasteiger charge is -2.23. The van der Waals surface area contributed by atoms with E-state index >= 15 is 0 Å². The van der Waals surface area contributed by atoms with Gasteiger partial charge in [0.1, 0.15) is 11.6 Å². The van der Waals surface area contributed by atoms with Crippen LogP contribution in [0.25, 0.3) is 0 Å². The van der Waals surface area contributed by atoms with Gasteiger partial charge in [0.2, 0.25) is 0 Å². The molecule has 0 saturated heterocycles. The fraction of sp³-hybridized carbons (Fsp3) is 0.571. The van der Waals surface area contributed by atoms with Crippen molar-refractivity contribution in [3.8, 4) is 5.75 Å². The summed E-state index contributed by atoms with van der Waals surface area (Å²) in [6, 6.07) is 1.83. The second kappa shape index (κ2) is 5.05. The predicted molar refractivity (Wildman–Crippen MR) is 67.1 cm³/mol. The van der Waals surface area contributed by atoms with E-state index in [0.29, 0.717) is 12.1 Å². The van der Waals surface area contributed by atoms with Crippen LogP contribution in [0.5, 0.6) is 5.75 Å². The van der Waals surface area contributed by atoms with Crippen LogP contribution in [0.3, 0.4) is 0 Å². The molecule has 0 spiro atoms. The third-order valence-corrected chi connectivity index (χ3v) is 3.67. The molecule has 0 fully saturated rings. The monoisotopic (exact) mass is 237 g/mol. The van der Waals surface area contributed by atoms with Crippen molar-refractivity contribution in [1.29, 1.82) is 0 Å². The Labute approximate surface area is 102 Å². The zero-order valence-corrected chi connectivity index (χ0v) is 10.6. The maximum absolute atomic E-state index is 14.4. The lowest BCUT2D eigenvalue weighted by molar-refractivity contribution is 0.401. The molecule has 3 heteroatoms. The number of fused-ring (bicyclic) bond motifs is 1. The SMILES string of the molecule is COc1cc(C(C)CN)c(F)c2c1CCCC2. The summed E-state index contributed by atoms with van der Waals surface area (Å²) in [7, 11) is 1.65. The van der Waals surface area contributed by atoms with Crippen molar-refractivity contribution in [3.63, 3.8) is 0 Å². The van der Waals surface area contributed by atoms with Gasteiger partial charge in [-0.3, -0.25) is 0 Å². The van der Waals surface area contributed by atoms with Gasteiger partial charge in [-0.15, -0.1) is 0 Å². The molecule has 2 nitrogen and oxygen atoms in total. The molecule has 1 unspecified atom stereocenters. The summed E-state index contributed by atoms with van der Waals surface area (Å²) < 4.78 is 19.8. The maximum Gasteiger partial charge on any atom is 0.130 e. The Balaban J connectivity index is 2.56. The van der Waals surface area contributed by atoms with E-state index in [1.807, 2.05) is 13.0 Å². The topological polar surface area (TPSA) is 35.2 Å². The van der Waals surface area contributed by atoms with Crippen LogP contribution < -0.4 is 10.5 Å². The number of nitrogens with two attached hydrogens (primary N) is 1. The molecule has 2 N–H and O–H groups in total. The fourth-order valence-electron chi connectivity index (χ4n) is 2.55. The summed E-state index contributed by atoms with van der Waals surface area (Å²) in [6.07, 6.45) is 3.93. The van der Waals surface area contributed by atoms with E-state index in [-0.39, 0.29) is 11.7 Å². The molecule has 1 aliphatic rings. The van der Waals surface area contributed by atoms with Crippen LogP contribution in [0, 0.1) is 5.82 Å². The summed E-state index contributed by atoms with van der Waals surface area (Å²) in [6.45, 7) is 2.41. The first-order valence-electron chi connectivity index (χ1n) is 6.27. The summed E-state index contributed by atoms with van der Waals surface area (Å²) in [4.78, 5) is 0.